The standard InChI is InChI=1S/C52H43N3O/c1-33-26-34(2)28-39(27-33)55-49-22-10-8-18-42(49)44-21-13-20-43(51(44)55)41-17-7-6-16-40(41)37-30-47(54-48(31-37)45-19-9-11-23-50(45)56)36-15-12-14-35(29-36)46-32-38(24-25-53-46)52(3,4)5/h6-32,56H,1-5H3. The molecule has 9 rings (SSSR count). The Balaban J connectivity index is 1.27. The lowest BCUT2D eigenvalue weighted by Gasteiger charge is -2.19. The molecule has 4 heteroatoms. The van der Waals surface area contributed by atoms with Crippen LogP contribution >= 0.6 is 0 Å². The maximum absolute atomic E-state index is 11.1. The summed E-state index contributed by atoms with van der Waals surface area (Å²) in [6.07, 6.45) is 1.90. The summed E-state index contributed by atoms with van der Waals surface area (Å²) in [6.45, 7) is 11.0. The fourth-order valence-electron chi connectivity index (χ4n) is 8.11. The molecule has 1 N–H and O–H groups in total. The van der Waals surface area contributed by atoms with Crippen LogP contribution in [0.4, 0.5) is 0 Å². The van der Waals surface area contributed by atoms with Crippen LogP contribution in [-0.2, 0) is 5.41 Å². The van der Waals surface area contributed by atoms with Crippen molar-refractivity contribution < 1.29 is 5.11 Å². The van der Waals surface area contributed by atoms with Gasteiger partial charge in [0.25, 0.3) is 0 Å². The number of phenolic OH excluding ortho intramolecular Hbond substituents is 1. The maximum Gasteiger partial charge on any atom is 0.124 e. The van der Waals surface area contributed by atoms with E-state index < -0.39 is 0 Å². The van der Waals surface area contributed by atoms with Crippen molar-refractivity contribution in [3.05, 3.63) is 181 Å². The zero-order valence-corrected chi connectivity index (χ0v) is 32.4. The van der Waals surface area contributed by atoms with Crippen molar-refractivity contribution in [2.24, 2.45) is 0 Å². The number of pyridine rings is 2. The number of phenols is 1. The number of rotatable bonds is 6. The predicted molar refractivity (Wildman–Crippen MR) is 233 cm³/mol. The third-order valence-electron chi connectivity index (χ3n) is 10.8. The van der Waals surface area contributed by atoms with Crippen molar-refractivity contribution in [2.75, 3.05) is 0 Å². The Morgan fingerprint density at radius 1 is 0.500 bits per heavy atom. The van der Waals surface area contributed by atoms with Crippen LogP contribution < -0.4 is 0 Å². The van der Waals surface area contributed by atoms with Gasteiger partial charge in [-0.05, 0) is 113 Å². The first-order valence-corrected chi connectivity index (χ1v) is 19.2. The molecule has 0 aliphatic rings. The highest BCUT2D eigenvalue weighted by Gasteiger charge is 2.21. The first kappa shape index (κ1) is 35.0. The fourth-order valence-corrected chi connectivity index (χ4v) is 8.11. The number of hydrogen-bond acceptors (Lipinski definition) is 3. The van der Waals surface area contributed by atoms with Gasteiger partial charge in [-0.2, -0.15) is 0 Å². The van der Waals surface area contributed by atoms with E-state index in [1.807, 2.05) is 24.4 Å². The van der Waals surface area contributed by atoms with E-state index >= 15 is 0 Å². The number of fused-ring (bicyclic) bond motifs is 3. The van der Waals surface area contributed by atoms with Crippen LogP contribution in [0.2, 0.25) is 0 Å². The first-order chi connectivity index (χ1) is 27.1. The summed E-state index contributed by atoms with van der Waals surface area (Å²) in [5.41, 5.74) is 16.6. The Hall–Kier alpha value is -6.78. The summed E-state index contributed by atoms with van der Waals surface area (Å²) >= 11 is 0. The second-order valence-electron chi connectivity index (χ2n) is 15.8. The second kappa shape index (κ2) is 13.8. The van der Waals surface area contributed by atoms with Crippen molar-refractivity contribution in [3.63, 3.8) is 0 Å². The summed E-state index contributed by atoms with van der Waals surface area (Å²) in [7, 11) is 0. The van der Waals surface area contributed by atoms with E-state index in [4.69, 9.17) is 9.97 Å². The molecule has 0 aliphatic heterocycles. The predicted octanol–water partition coefficient (Wildman–Crippen LogP) is 13.5. The summed E-state index contributed by atoms with van der Waals surface area (Å²) in [5, 5.41) is 13.5. The van der Waals surface area contributed by atoms with Crippen molar-refractivity contribution in [2.45, 2.75) is 40.0 Å². The number of hydrogen-bond donors (Lipinski definition) is 1. The Labute approximate surface area is 328 Å². The second-order valence-corrected chi connectivity index (χ2v) is 15.8. The van der Waals surface area contributed by atoms with E-state index in [-0.39, 0.29) is 11.2 Å². The average Bonchev–Trinajstić information content (AvgIpc) is 3.55. The van der Waals surface area contributed by atoms with Gasteiger partial charge in [-0.15, -0.1) is 0 Å². The van der Waals surface area contributed by atoms with Gasteiger partial charge in [0.15, 0.2) is 0 Å². The van der Waals surface area contributed by atoms with E-state index in [1.54, 1.807) is 6.07 Å². The number of benzene rings is 6. The van der Waals surface area contributed by atoms with Crippen LogP contribution in [0.3, 0.4) is 0 Å². The Morgan fingerprint density at radius 2 is 1.12 bits per heavy atom. The highest BCUT2D eigenvalue weighted by atomic mass is 16.3. The lowest BCUT2D eigenvalue weighted by Crippen LogP contribution is -2.11. The van der Waals surface area contributed by atoms with Crippen molar-refractivity contribution >= 4 is 21.8 Å². The number of aryl methyl sites for hydroxylation is 2. The summed E-state index contributed by atoms with van der Waals surface area (Å²) < 4.78 is 2.43. The molecule has 0 saturated carbocycles. The highest BCUT2D eigenvalue weighted by Crippen LogP contribution is 2.43. The van der Waals surface area contributed by atoms with Crippen LogP contribution in [0.1, 0.15) is 37.5 Å². The molecule has 3 heterocycles. The minimum Gasteiger partial charge on any atom is -0.507 e. The van der Waals surface area contributed by atoms with E-state index in [0.29, 0.717) is 11.3 Å². The summed E-state index contributed by atoms with van der Waals surface area (Å²) in [6, 6.07) is 55.2. The van der Waals surface area contributed by atoms with Crippen molar-refractivity contribution in [1.29, 1.82) is 0 Å². The fraction of sp³-hybridized carbons (Fsp3) is 0.115. The molecular formula is C52H43N3O. The van der Waals surface area contributed by atoms with Gasteiger partial charge in [0, 0.05) is 44.9 Å². The maximum atomic E-state index is 11.1. The third kappa shape index (κ3) is 6.33. The van der Waals surface area contributed by atoms with Gasteiger partial charge in [-0.3, -0.25) is 4.98 Å². The molecule has 3 aromatic heterocycles. The van der Waals surface area contributed by atoms with Gasteiger partial charge in [0.1, 0.15) is 5.75 Å². The average molecular weight is 726 g/mol. The normalized spacial score (nSPS) is 11.7. The molecule has 0 spiro atoms. The van der Waals surface area contributed by atoms with Crippen LogP contribution in [0.25, 0.3) is 83.5 Å². The number of aromatic nitrogens is 3. The van der Waals surface area contributed by atoms with Gasteiger partial charge in [-0.25, -0.2) is 4.98 Å². The molecule has 0 aliphatic carbocycles. The molecular weight excluding hydrogens is 683 g/mol. The van der Waals surface area contributed by atoms with Crippen LogP contribution in [0.15, 0.2) is 164 Å². The zero-order chi connectivity index (χ0) is 38.6. The van der Waals surface area contributed by atoms with E-state index in [2.05, 4.69) is 173 Å². The lowest BCUT2D eigenvalue weighted by atomic mass is 9.87. The first-order valence-electron chi connectivity index (χ1n) is 19.2. The molecule has 272 valence electrons. The molecule has 0 unspecified atom stereocenters. The number of para-hydroxylation sites is 3. The molecule has 56 heavy (non-hydrogen) atoms. The number of aromatic hydroxyl groups is 1. The van der Waals surface area contributed by atoms with Gasteiger partial charge in [-0.1, -0.05) is 118 Å². The molecule has 6 aromatic carbocycles. The topological polar surface area (TPSA) is 50.9 Å². The Kier molecular flexibility index (Phi) is 8.62. The Morgan fingerprint density at radius 3 is 1.89 bits per heavy atom. The molecule has 0 atom stereocenters. The van der Waals surface area contributed by atoms with Crippen LogP contribution in [0, 0.1) is 13.8 Å². The van der Waals surface area contributed by atoms with E-state index in [9.17, 15) is 5.11 Å². The van der Waals surface area contributed by atoms with Crippen LogP contribution in [-0.4, -0.2) is 19.6 Å². The molecule has 0 bridgehead atoms. The molecule has 0 radical (unpaired) electrons. The molecule has 4 nitrogen and oxygen atoms in total. The molecule has 0 fully saturated rings. The van der Waals surface area contributed by atoms with Gasteiger partial charge >= 0.3 is 0 Å². The molecule has 9 aromatic rings. The zero-order valence-electron chi connectivity index (χ0n) is 32.4. The van der Waals surface area contributed by atoms with Gasteiger partial charge in [0.2, 0.25) is 0 Å². The Bertz CT molecular complexity index is 2930. The molecule has 0 saturated heterocycles. The largest absolute Gasteiger partial charge is 0.507 e. The SMILES string of the molecule is Cc1cc(C)cc(-n2c3ccccc3c3cccc(-c4ccccc4-c4cc(-c5cccc(-c6cc(C(C)(C)C)ccn6)c5)nc(-c5ccccc5O)c4)c32)c1. The highest BCUT2D eigenvalue weighted by molar-refractivity contribution is 6.14. The van der Waals surface area contributed by atoms with Gasteiger partial charge < -0.3 is 9.67 Å². The van der Waals surface area contributed by atoms with Crippen molar-refractivity contribution in [3.8, 4) is 67.5 Å². The van der Waals surface area contributed by atoms with Crippen molar-refractivity contribution in [1.82, 2.24) is 14.5 Å². The third-order valence-corrected chi connectivity index (χ3v) is 10.8. The van der Waals surface area contributed by atoms with Gasteiger partial charge in [0.05, 0.1) is 28.1 Å². The lowest BCUT2D eigenvalue weighted by molar-refractivity contribution is 0.477. The van der Waals surface area contributed by atoms with E-state index in [0.717, 1.165) is 50.5 Å². The summed E-state index contributed by atoms with van der Waals surface area (Å²) in [4.78, 5) is 9.99. The summed E-state index contributed by atoms with van der Waals surface area (Å²) in [5.74, 6) is 0.191. The monoisotopic (exact) mass is 725 g/mol. The van der Waals surface area contributed by atoms with Crippen LogP contribution in [0.5, 0.6) is 5.75 Å². The number of nitrogens with zero attached hydrogens (tertiary/aromatic N) is 3. The smallest absolute Gasteiger partial charge is 0.124 e. The quantitative estimate of drug-likeness (QED) is 0.186. The van der Waals surface area contributed by atoms with E-state index in [1.165, 1.54) is 38.5 Å². The minimum atomic E-state index is 0.00282. The molecule has 0 amide bonds. The minimum absolute atomic E-state index is 0.00282.